The average molecular weight is 287 g/mol. The zero-order valence-corrected chi connectivity index (χ0v) is 11.0. The molecule has 1 aromatic carbocycles. The Bertz CT molecular complexity index is 534. The lowest BCUT2D eigenvalue weighted by Gasteiger charge is -2.05. The maximum absolute atomic E-state index is 13.6. The molecule has 0 aromatic heterocycles. The maximum Gasteiger partial charge on any atom is 0.370 e. The first-order valence-corrected chi connectivity index (χ1v) is 6.11. The van der Waals surface area contributed by atoms with Crippen molar-refractivity contribution >= 4 is 28.4 Å². The summed E-state index contributed by atoms with van der Waals surface area (Å²) in [6.07, 6.45) is 0.636. The molecule has 19 heavy (non-hydrogen) atoms. The molecule has 0 bridgehead atoms. The van der Waals surface area contributed by atoms with Gasteiger partial charge in [-0.15, -0.1) is 0 Å². The van der Waals surface area contributed by atoms with E-state index in [4.69, 9.17) is 16.3 Å². The number of halogens is 2. The van der Waals surface area contributed by atoms with E-state index in [9.17, 15) is 9.18 Å². The van der Waals surface area contributed by atoms with Gasteiger partial charge in [-0.3, -0.25) is 5.43 Å². The SMILES string of the molecule is CCOC(=O)/C(Cl)=N/Nc1cc(F)c2c(c1)CCO2. The number of ether oxygens (including phenoxy) is 2. The van der Waals surface area contributed by atoms with E-state index in [1.54, 1.807) is 13.0 Å². The second-order valence-electron chi connectivity index (χ2n) is 3.78. The fourth-order valence-corrected chi connectivity index (χ4v) is 1.77. The summed E-state index contributed by atoms with van der Waals surface area (Å²) in [6, 6.07) is 2.92. The van der Waals surface area contributed by atoms with Gasteiger partial charge in [0, 0.05) is 18.1 Å². The highest BCUT2D eigenvalue weighted by Crippen LogP contribution is 2.31. The predicted octanol–water partition coefficient (Wildman–Crippen LogP) is 2.29. The van der Waals surface area contributed by atoms with E-state index in [1.807, 2.05) is 0 Å². The number of nitrogens with zero attached hydrogens (tertiary/aromatic N) is 1. The molecule has 5 nitrogen and oxygen atoms in total. The number of hydrogen-bond acceptors (Lipinski definition) is 5. The van der Waals surface area contributed by atoms with Gasteiger partial charge in [-0.25, -0.2) is 9.18 Å². The van der Waals surface area contributed by atoms with Crippen LogP contribution >= 0.6 is 11.6 Å². The zero-order chi connectivity index (χ0) is 13.8. The van der Waals surface area contributed by atoms with Gasteiger partial charge in [0.15, 0.2) is 11.6 Å². The summed E-state index contributed by atoms with van der Waals surface area (Å²) >= 11 is 5.61. The monoisotopic (exact) mass is 286 g/mol. The fraction of sp³-hybridized carbons (Fsp3) is 0.333. The summed E-state index contributed by atoms with van der Waals surface area (Å²) in [5.41, 5.74) is 3.66. The van der Waals surface area contributed by atoms with Gasteiger partial charge in [-0.1, -0.05) is 11.6 Å². The molecule has 0 radical (unpaired) electrons. The van der Waals surface area contributed by atoms with E-state index in [0.29, 0.717) is 18.7 Å². The number of rotatable bonds is 4. The number of carbonyl (C=O) groups excluding carboxylic acids is 1. The number of hydrogen-bond donors (Lipinski definition) is 1. The standard InChI is InChI=1S/C12H12ClFN2O3/c1-2-18-12(17)11(13)16-15-8-5-7-3-4-19-10(7)9(14)6-8/h5-6,15H,2-4H2,1H3/b16-11-. The molecule has 0 saturated carbocycles. The van der Waals surface area contributed by atoms with E-state index in [0.717, 1.165) is 5.56 Å². The second kappa shape index (κ2) is 5.88. The molecule has 7 heteroatoms. The Morgan fingerprint density at radius 1 is 1.63 bits per heavy atom. The Morgan fingerprint density at radius 2 is 2.42 bits per heavy atom. The molecule has 0 spiro atoms. The summed E-state index contributed by atoms with van der Waals surface area (Å²) in [6.45, 7) is 2.32. The van der Waals surface area contributed by atoms with Crippen LogP contribution in [0.4, 0.5) is 10.1 Å². The molecule has 0 aliphatic carbocycles. The minimum Gasteiger partial charge on any atom is -0.490 e. The topological polar surface area (TPSA) is 59.9 Å². The highest BCUT2D eigenvalue weighted by atomic mass is 35.5. The number of nitrogens with one attached hydrogen (secondary N) is 1. The molecule has 0 saturated heterocycles. The van der Waals surface area contributed by atoms with Crippen LogP contribution in [0.25, 0.3) is 0 Å². The highest BCUT2D eigenvalue weighted by Gasteiger charge is 2.18. The summed E-state index contributed by atoms with van der Waals surface area (Å²) < 4.78 is 23.4. The van der Waals surface area contributed by atoms with Crippen molar-refractivity contribution in [2.45, 2.75) is 13.3 Å². The Balaban J connectivity index is 2.10. The van der Waals surface area contributed by atoms with Crippen LogP contribution in [0.5, 0.6) is 5.75 Å². The normalized spacial score (nSPS) is 13.7. The predicted molar refractivity (Wildman–Crippen MR) is 69.1 cm³/mol. The van der Waals surface area contributed by atoms with Gasteiger partial charge < -0.3 is 9.47 Å². The molecule has 1 N–H and O–H groups in total. The first kappa shape index (κ1) is 13.6. The molecule has 2 rings (SSSR count). The van der Waals surface area contributed by atoms with Crippen molar-refractivity contribution in [3.8, 4) is 5.75 Å². The van der Waals surface area contributed by atoms with Gasteiger partial charge in [-0.05, 0) is 13.0 Å². The van der Waals surface area contributed by atoms with Crippen molar-refractivity contribution < 1.29 is 18.7 Å². The van der Waals surface area contributed by atoms with Gasteiger partial charge >= 0.3 is 5.97 Å². The number of anilines is 1. The first-order valence-electron chi connectivity index (χ1n) is 5.73. The maximum atomic E-state index is 13.6. The lowest BCUT2D eigenvalue weighted by molar-refractivity contribution is -0.134. The van der Waals surface area contributed by atoms with Crippen molar-refractivity contribution in [1.29, 1.82) is 0 Å². The Labute approximate surface area is 114 Å². The summed E-state index contributed by atoms with van der Waals surface area (Å²) in [5.74, 6) is -0.937. The van der Waals surface area contributed by atoms with Crippen molar-refractivity contribution in [3.05, 3.63) is 23.5 Å². The quantitative estimate of drug-likeness (QED) is 0.524. The summed E-state index contributed by atoms with van der Waals surface area (Å²) in [7, 11) is 0. The van der Waals surface area contributed by atoms with Crippen molar-refractivity contribution in [2.75, 3.05) is 18.6 Å². The fourth-order valence-electron chi connectivity index (χ4n) is 1.68. The third-order valence-corrected chi connectivity index (χ3v) is 2.70. The largest absolute Gasteiger partial charge is 0.490 e. The van der Waals surface area contributed by atoms with E-state index in [-0.39, 0.29) is 17.5 Å². The van der Waals surface area contributed by atoms with Crippen LogP contribution in [0.2, 0.25) is 0 Å². The number of carbonyl (C=O) groups is 1. The molecule has 0 fully saturated rings. The third-order valence-electron chi connectivity index (χ3n) is 2.47. The Hall–Kier alpha value is -1.82. The van der Waals surface area contributed by atoms with Crippen LogP contribution in [0, 0.1) is 5.82 Å². The molecule has 102 valence electrons. The summed E-state index contributed by atoms with van der Waals surface area (Å²) in [5, 5.41) is 3.28. The number of benzene rings is 1. The van der Waals surface area contributed by atoms with Crippen LogP contribution in [0.3, 0.4) is 0 Å². The minimum absolute atomic E-state index is 0.204. The minimum atomic E-state index is -0.735. The van der Waals surface area contributed by atoms with Gasteiger partial charge in [0.05, 0.1) is 18.9 Å². The van der Waals surface area contributed by atoms with Gasteiger partial charge in [0.25, 0.3) is 0 Å². The molecule has 0 unspecified atom stereocenters. The summed E-state index contributed by atoms with van der Waals surface area (Å²) in [4.78, 5) is 11.2. The first-order chi connectivity index (χ1) is 9.11. The lowest BCUT2D eigenvalue weighted by Crippen LogP contribution is -2.13. The van der Waals surface area contributed by atoms with E-state index >= 15 is 0 Å². The third kappa shape index (κ3) is 3.14. The number of esters is 1. The highest BCUT2D eigenvalue weighted by molar-refractivity contribution is 6.82. The van der Waals surface area contributed by atoms with E-state index in [1.165, 1.54) is 6.07 Å². The smallest absolute Gasteiger partial charge is 0.370 e. The van der Waals surface area contributed by atoms with Gasteiger partial charge in [-0.2, -0.15) is 5.10 Å². The van der Waals surface area contributed by atoms with Crippen LogP contribution in [0.15, 0.2) is 17.2 Å². The van der Waals surface area contributed by atoms with Crippen LogP contribution in [-0.2, 0) is 16.0 Å². The van der Waals surface area contributed by atoms with Gasteiger partial charge in [0.1, 0.15) is 0 Å². The molecule has 1 aliphatic heterocycles. The Morgan fingerprint density at radius 3 is 3.16 bits per heavy atom. The lowest BCUT2D eigenvalue weighted by atomic mass is 10.1. The number of hydrazone groups is 1. The number of fused-ring (bicyclic) bond motifs is 1. The van der Waals surface area contributed by atoms with Crippen molar-refractivity contribution in [1.82, 2.24) is 0 Å². The van der Waals surface area contributed by atoms with Crippen LogP contribution in [0.1, 0.15) is 12.5 Å². The molecule has 1 heterocycles. The molecular formula is C12H12ClFN2O3. The van der Waals surface area contributed by atoms with E-state index in [2.05, 4.69) is 15.3 Å². The van der Waals surface area contributed by atoms with Crippen LogP contribution < -0.4 is 10.2 Å². The van der Waals surface area contributed by atoms with Crippen molar-refractivity contribution in [2.24, 2.45) is 5.10 Å². The average Bonchev–Trinajstić information content (AvgIpc) is 2.85. The zero-order valence-electron chi connectivity index (χ0n) is 10.2. The van der Waals surface area contributed by atoms with Crippen LogP contribution in [-0.4, -0.2) is 24.4 Å². The Kier molecular flexibility index (Phi) is 4.21. The van der Waals surface area contributed by atoms with Crippen molar-refractivity contribution in [3.63, 3.8) is 0 Å². The second-order valence-corrected chi connectivity index (χ2v) is 4.14. The molecule has 1 aromatic rings. The molecule has 0 amide bonds. The molecular weight excluding hydrogens is 275 g/mol. The molecule has 0 atom stereocenters. The van der Waals surface area contributed by atoms with E-state index < -0.39 is 11.8 Å². The molecule has 1 aliphatic rings. The van der Waals surface area contributed by atoms with Gasteiger partial charge in [0.2, 0.25) is 5.17 Å².